The normalized spacial score (nSPS) is 16.5. The van der Waals surface area contributed by atoms with Gasteiger partial charge in [0.1, 0.15) is 5.82 Å². The molecule has 2 rings (SSSR count). The van der Waals surface area contributed by atoms with Crippen molar-refractivity contribution in [3.63, 3.8) is 0 Å². The fraction of sp³-hybridized carbons (Fsp3) is 0.600. The molecule has 0 N–H and O–H groups in total. The molecule has 0 spiro atoms. The van der Waals surface area contributed by atoms with Crippen LogP contribution in [0.3, 0.4) is 0 Å². The molecule has 0 saturated heterocycles. The summed E-state index contributed by atoms with van der Waals surface area (Å²) in [6, 6.07) is 5.76. The van der Waals surface area contributed by atoms with Gasteiger partial charge in [-0.2, -0.15) is 0 Å². The molecule has 1 aliphatic carbocycles. The van der Waals surface area contributed by atoms with Crippen molar-refractivity contribution in [3.8, 4) is 0 Å². The highest BCUT2D eigenvalue weighted by Gasteiger charge is 2.21. The van der Waals surface area contributed by atoms with Crippen LogP contribution in [-0.2, 0) is 11.8 Å². The number of aryl methyl sites for hydroxylation is 1. The van der Waals surface area contributed by atoms with Crippen LogP contribution in [0, 0.1) is 11.7 Å². The first-order valence-electron chi connectivity index (χ1n) is 6.26. The van der Waals surface area contributed by atoms with Crippen molar-refractivity contribution >= 4 is 0 Å². The summed E-state index contributed by atoms with van der Waals surface area (Å²) in [5, 5.41) is 0. The predicted octanol–water partition coefficient (Wildman–Crippen LogP) is 4.47. The third-order valence-electron chi connectivity index (χ3n) is 3.44. The minimum absolute atomic E-state index is 0.0203. The van der Waals surface area contributed by atoms with Crippen LogP contribution in [0.4, 0.5) is 4.39 Å². The van der Waals surface area contributed by atoms with Crippen LogP contribution in [0.1, 0.15) is 51.2 Å². The van der Waals surface area contributed by atoms with Gasteiger partial charge in [-0.05, 0) is 41.4 Å². The van der Waals surface area contributed by atoms with Gasteiger partial charge in [-0.15, -0.1) is 0 Å². The van der Waals surface area contributed by atoms with E-state index in [1.807, 2.05) is 6.07 Å². The van der Waals surface area contributed by atoms with Crippen molar-refractivity contribution < 1.29 is 4.39 Å². The Balaban J connectivity index is 2.09. The molecule has 0 heterocycles. The monoisotopic (exact) mass is 220 g/mol. The zero-order valence-electron chi connectivity index (χ0n) is 10.5. The summed E-state index contributed by atoms with van der Waals surface area (Å²) in [5.41, 5.74) is 2.01. The van der Waals surface area contributed by atoms with Gasteiger partial charge in [0, 0.05) is 0 Å². The zero-order valence-corrected chi connectivity index (χ0v) is 10.5. The van der Waals surface area contributed by atoms with E-state index >= 15 is 0 Å². The second-order valence-electron chi connectivity index (χ2n) is 6.04. The van der Waals surface area contributed by atoms with Crippen LogP contribution < -0.4 is 0 Å². The first-order valence-corrected chi connectivity index (χ1v) is 6.26. The number of benzene rings is 1. The van der Waals surface area contributed by atoms with Crippen molar-refractivity contribution in [2.75, 3.05) is 0 Å². The third-order valence-corrected chi connectivity index (χ3v) is 3.44. The summed E-state index contributed by atoms with van der Waals surface area (Å²) in [6.07, 6.45) is 4.76. The quantitative estimate of drug-likeness (QED) is 0.705. The van der Waals surface area contributed by atoms with Crippen molar-refractivity contribution in [1.29, 1.82) is 0 Å². The lowest BCUT2D eigenvalue weighted by molar-refractivity contribution is 0.562. The van der Waals surface area contributed by atoms with Gasteiger partial charge in [0.2, 0.25) is 0 Å². The Kier molecular flexibility index (Phi) is 3.05. The van der Waals surface area contributed by atoms with Crippen LogP contribution in [0.25, 0.3) is 0 Å². The highest BCUT2D eigenvalue weighted by atomic mass is 19.1. The van der Waals surface area contributed by atoms with E-state index in [-0.39, 0.29) is 11.2 Å². The lowest BCUT2D eigenvalue weighted by Gasteiger charge is -2.19. The highest BCUT2D eigenvalue weighted by Crippen LogP contribution is 2.34. The Morgan fingerprint density at radius 3 is 2.44 bits per heavy atom. The van der Waals surface area contributed by atoms with Gasteiger partial charge >= 0.3 is 0 Å². The molecule has 16 heavy (non-hydrogen) atoms. The molecular weight excluding hydrogens is 199 g/mol. The van der Waals surface area contributed by atoms with E-state index in [0.29, 0.717) is 0 Å². The second kappa shape index (κ2) is 4.20. The fourth-order valence-electron chi connectivity index (χ4n) is 1.98. The van der Waals surface area contributed by atoms with Crippen LogP contribution in [0.2, 0.25) is 0 Å². The molecule has 88 valence electrons. The predicted molar refractivity (Wildman–Crippen MR) is 66.1 cm³/mol. The van der Waals surface area contributed by atoms with Crippen LogP contribution in [0.15, 0.2) is 18.2 Å². The van der Waals surface area contributed by atoms with E-state index in [9.17, 15) is 4.39 Å². The second-order valence-corrected chi connectivity index (χ2v) is 6.04. The molecule has 1 aromatic rings. The Morgan fingerprint density at radius 2 is 1.94 bits per heavy atom. The lowest BCUT2D eigenvalue weighted by atomic mass is 9.86. The van der Waals surface area contributed by atoms with Crippen molar-refractivity contribution in [2.45, 2.75) is 51.9 Å². The Morgan fingerprint density at radius 1 is 1.25 bits per heavy atom. The summed E-state index contributed by atoms with van der Waals surface area (Å²) in [4.78, 5) is 0. The van der Waals surface area contributed by atoms with Gasteiger partial charge in [-0.25, -0.2) is 4.39 Å². The van der Waals surface area contributed by atoms with Gasteiger partial charge in [-0.3, -0.25) is 0 Å². The van der Waals surface area contributed by atoms with Crippen LogP contribution in [0.5, 0.6) is 0 Å². The number of rotatable bonds is 3. The fourth-order valence-corrected chi connectivity index (χ4v) is 1.98. The van der Waals surface area contributed by atoms with Crippen molar-refractivity contribution in [3.05, 3.63) is 35.1 Å². The van der Waals surface area contributed by atoms with Gasteiger partial charge in [-0.1, -0.05) is 45.7 Å². The molecule has 0 aliphatic heterocycles. The molecule has 0 nitrogen and oxygen atoms in total. The molecule has 0 unspecified atom stereocenters. The Bertz CT molecular complexity index is 370. The molecule has 0 amide bonds. The van der Waals surface area contributed by atoms with Gasteiger partial charge in [0.05, 0.1) is 0 Å². The largest absolute Gasteiger partial charge is 0.207 e. The number of hydrogen-bond donors (Lipinski definition) is 0. The molecule has 1 aliphatic rings. The first-order chi connectivity index (χ1) is 7.47. The zero-order chi connectivity index (χ0) is 11.8. The Labute approximate surface area is 97.9 Å². The van der Waals surface area contributed by atoms with Crippen LogP contribution >= 0.6 is 0 Å². The molecule has 0 radical (unpaired) electrons. The smallest absolute Gasteiger partial charge is 0.126 e. The molecule has 1 fully saturated rings. The average molecular weight is 220 g/mol. The maximum atomic E-state index is 13.9. The topological polar surface area (TPSA) is 0 Å². The summed E-state index contributed by atoms with van der Waals surface area (Å²) < 4.78 is 13.9. The summed E-state index contributed by atoms with van der Waals surface area (Å²) >= 11 is 0. The summed E-state index contributed by atoms with van der Waals surface area (Å²) in [5.74, 6) is 0.856. The van der Waals surface area contributed by atoms with Crippen molar-refractivity contribution in [2.24, 2.45) is 5.92 Å². The van der Waals surface area contributed by atoms with E-state index in [4.69, 9.17) is 0 Å². The standard InChI is InChI=1S/C15H21F/c1-15(2,3)13-9-8-12(14(16)10-13)7-6-11-4-5-11/h8-11H,4-7H2,1-3H3. The molecule has 0 aromatic heterocycles. The number of halogens is 1. The molecule has 0 bridgehead atoms. The number of hydrogen-bond acceptors (Lipinski definition) is 0. The summed E-state index contributed by atoms with van der Waals surface area (Å²) in [6.45, 7) is 6.35. The van der Waals surface area contributed by atoms with E-state index in [0.717, 1.165) is 29.9 Å². The molecule has 1 heteroatoms. The van der Waals surface area contributed by atoms with E-state index in [1.165, 1.54) is 12.8 Å². The maximum Gasteiger partial charge on any atom is 0.126 e. The van der Waals surface area contributed by atoms with Crippen LogP contribution in [-0.4, -0.2) is 0 Å². The van der Waals surface area contributed by atoms with Crippen molar-refractivity contribution in [1.82, 2.24) is 0 Å². The van der Waals surface area contributed by atoms with Gasteiger partial charge in [0.15, 0.2) is 0 Å². The van der Waals surface area contributed by atoms with Gasteiger partial charge in [0.25, 0.3) is 0 Å². The molecular formula is C15H21F. The SMILES string of the molecule is CC(C)(C)c1ccc(CCC2CC2)c(F)c1. The minimum Gasteiger partial charge on any atom is -0.207 e. The van der Waals surface area contributed by atoms with Gasteiger partial charge < -0.3 is 0 Å². The highest BCUT2D eigenvalue weighted by molar-refractivity contribution is 5.29. The average Bonchev–Trinajstić information content (AvgIpc) is 2.98. The molecule has 0 atom stereocenters. The van der Waals surface area contributed by atoms with E-state index in [2.05, 4.69) is 26.8 Å². The lowest BCUT2D eigenvalue weighted by Crippen LogP contribution is -2.11. The molecule has 1 saturated carbocycles. The Hall–Kier alpha value is -0.850. The molecule has 1 aromatic carbocycles. The summed E-state index contributed by atoms with van der Waals surface area (Å²) in [7, 11) is 0. The van der Waals surface area contributed by atoms with E-state index in [1.54, 1.807) is 6.07 Å². The van der Waals surface area contributed by atoms with E-state index < -0.39 is 0 Å². The minimum atomic E-state index is -0.0203. The first kappa shape index (κ1) is 11.6. The third kappa shape index (κ3) is 2.84. The maximum absolute atomic E-state index is 13.9.